The van der Waals surface area contributed by atoms with Crippen LogP contribution in [0, 0.1) is 17.7 Å². The highest BCUT2D eigenvalue weighted by molar-refractivity contribution is 6.31. The zero-order chi connectivity index (χ0) is 13.8. The molecule has 3 heteroatoms. The molecule has 0 aromatic heterocycles. The summed E-state index contributed by atoms with van der Waals surface area (Å²) in [6, 6.07) is 4.71. The lowest BCUT2D eigenvalue weighted by atomic mass is 9.76. The van der Waals surface area contributed by atoms with Crippen molar-refractivity contribution in [1.29, 1.82) is 0 Å². The van der Waals surface area contributed by atoms with E-state index in [1.165, 1.54) is 6.07 Å². The number of hydrogen-bond acceptors (Lipinski definition) is 1. The first-order chi connectivity index (χ1) is 9.11. The largest absolute Gasteiger partial charge is 0.299 e. The fourth-order valence-corrected chi connectivity index (χ4v) is 3.28. The van der Waals surface area contributed by atoms with Crippen LogP contribution < -0.4 is 0 Å². The number of carbonyl (C=O) groups excluding carboxylic acids is 1. The monoisotopic (exact) mass is 282 g/mol. The third-order valence-corrected chi connectivity index (χ3v) is 4.44. The molecule has 1 nitrogen and oxygen atoms in total. The van der Waals surface area contributed by atoms with Crippen LogP contribution in [0.15, 0.2) is 18.2 Å². The smallest absolute Gasteiger partial charge is 0.136 e. The number of hydrogen-bond donors (Lipinski definition) is 0. The lowest BCUT2D eigenvalue weighted by Gasteiger charge is -2.28. The van der Waals surface area contributed by atoms with Crippen molar-refractivity contribution < 1.29 is 9.18 Å². The summed E-state index contributed by atoms with van der Waals surface area (Å²) in [5, 5.41) is 0.436. The van der Waals surface area contributed by atoms with E-state index in [1.807, 2.05) is 0 Å². The second-order valence-electron chi connectivity index (χ2n) is 5.50. The molecule has 104 valence electrons. The van der Waals surface area contributed by atoms with E-state index in [0.29, 0.717) is 29.3 Å². The average molecular weight is 283 g/mol. The molecule has 2 unspecified atom stereocenters. The molecule has 1 fully saturated rings. The third kappa shape index (κ3) is 3.56. The molecule has 19 heavy (non-hydrogen) atoms. The second-order valence-corrected chi connectivity index (χ2v) is 5.90. The molecule has 0 spiro atoms. The minimum absolute atomic E-state index is 0.0558. The molecular formula is C16H20ClFO. The highest BCUT2D eigenvalue weighted by Gasteiger charge is 2.29. The highest BCUT2D eigenvalue weighted by Crippen LogP contribution is 2.33. The molecule has 0 radical (unpaired) electrons. The van der Waals surface area contributed by atoms with Crippen LogP contribution in [0.5, 0.6) is 0 Å². The summed E-state index contributed by atoms with van der Waals surface area (Å²) >= 11 is 6.04. The van der Waals surface area contributed by atoms with E-state index in [2.05, 4.69) is 6.92 Å². The number of benzene rings is 1. The number of rotatable bonds is 4. The minimum atomic E-state index is -0.294. The minimum Gasteiger partial charge on any atom is -0.299 e. The zero-order valence-electron chi connectivity index (χ0n) is 11.3. The Bertz CT molecular complexity index is 438. The number of halogens is 2. The Morgan fingerprint density at radius 1 is 1.42 bits per heavy atom. The predicted octanol–water partition coefficient (Wildman–Crippen LogP) is 4.81. The molecule has 2 atom stereocenters. The van der Waals surface area contributed by atoms with Gasteiger partial charge in [0.2, 0.25) is 0 Å². The Balaban J connectivity index is 2.10. The SMILES string of the molecule is CCCC1CCC(=O)C(Cc2c(F)cccc2Cl)C1. The van der Waals surface area contributed by atoms with Crippen molar-refractivity contribution in [2.24, 2.45) is 11.8 Å². The Hall–Kier alpha value is -0.890. The van der Waals surface area contributed by atoms with E-state index in [4.69, 9.17) is 11.6 Å². The van der Waals surface area contributed by atoms with Gasteiger partial charge in [0.25, 0.3) is 0 Å². The first kappa shape index (κ1) is 14.5. The molecular weight excluding hydrogens is 263 g/mol. The topological polar surface area (TPSA) is 17.1 Å². The number of ketones is 1. The summed E-state index contributed by atoms with van der Waals surface area (Å²) in [5.74, 6) is 0.530. The van der Waals surface area contributed by atoms with Gasteiger partial charge >= 0.3 is 0 Å². The molecule has 1 aliphatic carbocycles. The number of Topliss-reactive ketones (excluding diaryl/α,β-unsaturated/α-hetero) is 1. The summed E-state index contributed by atoms with van der Waals surface area (Å²) in [4.78, 5) is 12.0. The molecule has 1 aromatic rings. The van der Waals surface area contributed by atoms with Gasteiger partial charge in [0.1, 0.15) is 11.6 Å². The average Bonchev–Trinajstić information content (AvgIpc) is 2.38. The predicted molar refractivity (Wildman–Crippen MR) is 75.9 cm³/mol. The van der Waals surface area contributed by atoms with E-state index in [-0.39, 0.29) is 17.5 Å². The van der Waals surface area contributed by atoms with Gasteiger partial charge in [0.05, 0.1) is 0 Å². The van der Waals surface area contributed by atoms with Crippen LogP contribution in [-0.2, 0) is 11.2 Å². The highest BCUT2D eigenvalue weighted by atomic mass is 35.5. The summed E-state index contributed by atoms with van der Waals surface area (Å²) in [5.41, 5.74) is 0.500. The molecule has 0 saturated heterocycles. The van der Waals surface area contributed by atoms with Gasteiger partial charge in [-0.1, -0.05) is 37.4 Å². The van der Waals surface area contributed by atoms with E-state index in [9.17, 15) is 9.18 Å². The van der Waals surface area contributed by atoms with Crippen LogP contribution in [-0.4, -0.2) is 5.78 Å². The Morgan fingerprint density at radius 2 is 2.21 bits per heavy atom. The standard InChI is InChI=1S/C16H20ClFO/c1-2-4-11-7-8-16(19)12(9-11)10-13-14(17)5-3-6-15(13)18/h3,5-6,11-12H,2,4,7-10H2,1H3. The van der Waals surface area contributed by atoms with Crippen LogP contribution in [0.2, 0.25) is 5.02 Å². The van der Waals surface area contributed by atoms with E-state index in [1.54, 1.807) is 12.1 Å². The first-order valence-electron chi connectivity index (χ1n) is 7.07. The van der Waals surface area contributed by atoms with E-state index in [0.717, 1.165) is 25.7 Å². The zero-order valence-corrected chi connectivity index (χ0v) is 12.0. The molecule has 1 aliphatic rings. The molecule has 1 aromatic carbocycles. The van der Waals surface area contributed by atoms with Crippen LogP contribution in [0.3, 0.4) is 0 Å². The molecule has 0 heterocycles. The van der Waals surface area contributed by atoms with Crippen molar-refractivity contribution in [3.63, 3.8) is 0 Å². The van der Waals surface area contributed by atoms with Gasteiger partial charge < -0.3 is 0 Å². The fraction of sp³-hybridized carbons (Fsp3) is 0.562. The van der Waals surface area contributed by atoms with Gasteiger partial charge in [-0.25, -0.2) is 4.39 Å². The van der Waals surface area contributed by atoms with E-state index >= 15 is 0 Å². The van der Waals surface area contributed by atoms with Crippen molar-refractivity contribution in [2.45, 2.75) is 45.4 Å². The summed E-state index contributed by atoms with van der Waals surface area (Å²) in [6.45, 7) is 2.17. The van der Waals surface area contributed by atoms with Crippen LogP contribution in [0.25, 0.3) is 0 Å². The molecule has 0 aliphatic heterocycles. The molecule has 1 saturated carbocycles. The van der Waals surface area contributed by atoms with Gasteiger partial charge in [-0.2, -0.15) is 0 Å². The van der Waals surface area contributed by atoms with Gasteiger partial charge in [-0.05, 0) is 37.3 Å². The molecule has 0 N–H and O–H groups in total. The summed E-state index contributed by atoms with van der Waals surface area (Å²) in [7, 11) is 0. The molecule has 0 bridgehead atoms. The van der Waals surface area contributed by atoms with Gasteiger partial charge in [0, 0.05) is 22.9 Å². The molecule has 2 rings (SSSR count). The second kappa shape index (κ2) is 6.51. The quantitative estimate of drug-likeness (QED) is 0.775. The third-order valence-electron chi connectivity index (χ3n) is 4.08. The lowest BCUT2D eigenvalue weighted by Crippen LogP contribution is -2.27. The van der Waals surface area contributed by atoms with Crippen molar-refractivity contribution in [3.05, 3.63) is 34.6 Å². The fourth-order valence-electron chi connectivity index (χ4n) is 3.04. The number of carbonyl (C=O) groups is 1. The van der Waals surface area contributed by atoms with Crippen molar-refractivity contribution in [3.8, 4) is 0 Å². The Labute approximate surface area is 119 Å². The van der Waals surface area contributed by atoms with Gasteiger partial charge in [-0.15, -0.1) is 0 Å². The Kier molecular flexibility index (Phi) is 4.98. The van der Waals surface area contributed by atoms with E-state index < -0.39 is 0 Å². The van der Waals surface area contributed by atoms with Gasteiger partial charge in [-0.3, -0.25) is 4.79 Å². The van der Waals surface area contributed by atoms with Gasteiger partial charge in [0.15, 0.2) is 0 Å². The maximum atomic E-state index is 13.8. The van der Waals surface area contributed by atoms with Crippen molar-refractivity contribution in [1.82, 2.24) is 0 Å². The van der Waals surface area contributed by atoms with Crippen molar-refractivity contribution >= 4 is 17.4 Å². The van der Waals surface area contributed by atoms with Crippen LogP contribution in [0.4, 0.5) is 4.39 Å². The maximum Gasteiger partial charge on any atom is 0.136 e. The summed E-state index contributed by atoms with van der Waals surface area (Å²) < 4.78 is 13.8. The van der Waals surface area contributed by atoms with Crippen molar-refractivity contribution in [2.75, 3.05) is 0 Å². The first-order valence-corrected chi connectivity index (χ1v) is 7.45. The Morgan fingerprint density at radius 3 is 2.89 bits per heavy atom. The van der Waals surface area contributed by atoms with Crippen LogP contribution in [0.1, 0.15) is 44.6 Å². The molecule has 0 amide bonds. The normalized spacial score (nSPS) is 23.6. The lowest BCUT2D eigenvalue weighted by molar-refractivity contribution is -0.125. The van der Waals surface area contributed by atoms with Crippen LogP contribution >= 0.6 is 11.6 Å². The maximum absolute atomic E-state index is 13.8. The summed E-state index contributed by atoms with van der Waals surface area (Å²) in [6.07, 6.45) is 5.28.